The number of hydrogen-bond donors (Lipinski definition) is 1. The number of carbonyl (C=O) groups is 1. The number of hydrogen-bond acceptors (Lipinski definition) is 6. The average molecular weight is 431 g/mol. The van der Waals surface area contributed by atoms with E-state index >= 15 is 0 Å². The van der Waals surface area contributed by atoms with Gasteiger partial charge in [-0.05, 0) is 43.0 Å². The molecule has 4 rings (SSSR count). The second-order valence-corrected chi connectivity index (χ2v) is 8.90. The Hall–Kier alpha value is -2.34. The molecule has 3 aromatic rings. The Morgan fingerprint density at radius 2 is 2.29 bits per heavy atom. The van der Waals surface area contributed by atoms with Gasteiger partial charge >= 0.3 is 0 Å². The third-order valence-corrected chi connectivity index (χ3v) is 7.06. The fourth-order valence-corrected chi connectivity index (χ4v) is 5.51. The first-order valence-corrected chi connectivity index (χ1v) is 10.8. The van der Waals surface area contributed by atoms with Crippen molar-refractivity contribution in [2.75, 3.05) is 11.1 Å². The molecule has 9 heteroatoms. The summed E-state index contributed by atoms with van der Waals surface area (Å²) in [5, 5.41) is 13.5. The first-order valence-electron chi connectivity index (χ1n) is 8.61. The van der Waals surface area contributed by atoms with Crippen LogP contribution in [0, 0.1) is 11.3 Å². The van der Waals surface area contributed by atoms with Gasteiger partial charge in [0.15, 0.2) is 5.16 Å². The van der Waals surface area contributed by atoms with Gasteiger partial charge < -0.3 is 5.32 Å². The van der Waals surface area contributed by atoms with Crippen LogP contribution in [-0.4, -0.2) is 21.2 Å². The van der Waals surface area contributed by atoms with Crippen LogP contribution in [0.5, 0.6) is 0 Å². The molecule has 0 saturated carbocycles. The van der Waals surface area contributed by atoms with Gasteiger partial charge in [-0.15, -0.1) is 11.3 Å². The summed E-state index contributed by atoms with van der Waals surface area (Å²) in [6.07, 6.45) is 3.03. The molecule has 142 valence electrons. The van der Waals surface area contributed by atoms with Crippen molar-refractivity contribution in [2.45, 2.75) is 24.4 Å². The number of thioether (sulfide) groups is 1. The number of nitrogens with zero attached hydrogens (tertiary/aromatic N) is 3. The van der Waals surface area contributed by atoms with E-state index in [9.17, 15) is 9.59 Å². The standard InChI is InChI=1S/C19H15ClN4O2S2/c1-24-18(26)16-12-3-2-4-14(12)28-17(16)23-19(24)27-9-15(25)22-13-7-11(20)6-5-10(13)8-21/h5-7H,2-4,9H2,1H3,(H,22,25). The third-order valence-electron chi connectivity index (χ3n) is 4.61. The van der Waals surface area contributed by atoms with Crippen LogP contribution in [0.1, 0.15) is 22.4 Å². The number of nitrogens with one attached hydrogen (secondary N) is 1. The van der Waals surface area contributed by atoms with Crippen LogP contribution in [-0.2, 0) is 24.7 Å². The van der Waals surface area contributed by atoms with Crippen molar-refractivity contribution in [3.63, 3.8) is 0 Å². The minimum Gasteiger partial charge on any atom is -0.324 e. The highest BCUT2D eigenvalue weighted by molar-refractivity contribution is 7.99. The molecule has 6 nitrogen and oxygen atoms in total. The maximum absolute atomic E-state index is 12.8. The summed E-state index contributed by atoms with van der Waals surface area (Å²) < 4.78 is 1.51. The number of amides is 1. The molecule has 1 aliphatic carbocycles. The zero-order chi connectivity index (χ0) is 19.8. The number of rotatable bonds is 4. The number of nitriles is 1. The van der Waals surface area contributed by atoms with E-state index in [2.05, 4.69) is 10.3 Å². The lowest BCUT2D eigenvalue weighted by atomic mass is 10.2. The molecule has 0 aliphatic heterocycles. The van der Waals surface area contributed by atoms with E-state index < -0.39 is 0 Å². The Balaban J connectivity index is 1.54. The molecule has 2 aromatic heterocycles. The molecule has 1 aliphatic rings. The van der Waals surface area contributed by atoms with E-state index in [-0.39, 0.29) is 17.2 Å². The summed E-state index contributed by atoms with van der Waals surface area (Å²) >= 11 is 8.71. The van der Waals surface area contributed by atoms with Crippen LogP contribution >= 0.6 is 34.7 Å². The molecule has 0 bridgehead atoms. The lowest BCUT2D eigenvalue weighted by molar-refractivity contribution is -0.113. The summed E-state index contributed by atoms with van der Waals surface area (Å²) in [5.41, 5.74) is 1.79. The minimum atomic E-state index is -0.299. The van der Waals surface area contributed by atoms with Gasteiger partial charge in [-0.25, -0.2) is 4.98 Å². The predicted molar refractivity (Wildman–Crippen MR) is 112 cm³/mol. The van der Waals surface area contributed by atoms with Crippen molar-refractivity contribution in [2.24, 2.45) is 7.05 Å². The number of carbonyl (C=O) groups excluding carboxylic acids is 1. The fraction of sp³-hybridized carbons (Fsp3) is 0.263. The highest BCUT2D eigenvalue weighted by atomic mass is 35.5. The highest BCUT2D eigenvalue weighted by Crippen LogP contribution is 2.35. The lowest BCUT2D eigenvalue weighted by Gasteiger charge is -2.09. The molecule has 0 spiro atoms. The van der Waals surface area contributed by atoms with Crippen molar-refractivity contribution in [3.8, 4) is 6.07 Å². The summed E-state index contributed by atoms with van der Waals surface area (Å²) in [7, 11) is 1.68. The molecule has 1 aromatic carbocycles. The van der Waals surface area contributed by atoms with E-state index in [1.807, 2.05) is 6.07 Å². The van der Waals surface area contributed by atoms with Gasteiger partial charge in [-0.1, -0.05) is 23.4 Å². The van der Waals surface area contributed by atoms with Crippen LogP contribution in [0.15, 0.2) is 28.2 Å². The quantitative estimate of drug-likeness (QED) is 0.503. The van der Waals surface area contributed by atoms with E-state index in [0.717, 1.165) is 35.0 Å². The molecule has 0 saturated heterocycles. The van der Waals surface area contributed by atoms with Gasteiger partial charge in [0.1, 0.15) is 10.9 Å². The summed E-state index contributed by atoms with van der Waals surface area (Å²) in [4.78, 5) is 31.8. The molecule has 0 unspecified atom stereocenters. The van der Waals surface area contributed by atoms with Crippen molar-refractivity contribution in [3.05, 3.63) is 49.6 Å². The van der Waals surface area contributed by atoms with Gasteiger partial charge in [0.25, 0.3) is 5.56 Å². The SMILES string of the molecule is Cn1c(SCC(=O)Nc2cc(Cl)ccc2C#N)nc2sc3c(c2c1=O)CCC3. The molecule has 0 radical (unpaired) electrons. The minimum absolute atomic E-state index is 0.0612. The Kier molecular flexibility index (Phi) is 5.15. The topological polar surface area (TPSA) is 87.8 Å². The summed E-state index contributed by atoms with van der Waals surface area (Å²) in [5.74, 6) is -0.236. The smallest absolute Gasteiger partial charge is 0.262 e. The summed E-state index contributed by atoms with van der Waals surface area (Å²) in [6, 6.07) is 6.71. The zero-order valence-electron chi connectivity index (χ0n) is 14.9. The monoisotopic (exact) mass is 430 g/mol. The number of halogens is 1. The molecule has 1 amide bonds. The Bertz CT molecular complexity index is 1210. The number of benzene rings is 1. The normalized spacial score (nSPS) is 12.8. The van der Waals surface area contributed by atoms with Gasteiger partial charge in [0, 0.05) is 16.9 Å². The second kappa shape index (κ2) is 7.59. The Morgan fingerprint density at radius 1 is 1.46 bits per heavy atom. The number of aryl methyl sites for hydroxylation is 2. The van der Waals surface area contributed by atoms with Crippen LogP contribution in [0.3, 0.4) is 0 Å². The molecule has 28 heavy (non-hydrogen) atoms. The zero-order valence-corrected chi connectivity index (χ0v) is 17.3. The fourth-order valence-electron chi connectivity index (χ4n) is 3.27. The number of aromatic nitrogens is 2. The number of fused-ring (bicyclic) bond motifs is 3. The van der Waals surface area contributed by atoms with Crippen LogP contribution < -0.4 is 10.9 Å². The predicted octanol–water partition coefficient (Wildman–Crippen LogP) is 3.74. The van der Waals surface area contributed by atoms with Crippen LogP contribution in [0.2, 0.25) is 5.02 Å². The summed E-state index contributed by atoms with van der Waals surface area (Å²) in [6.45, 7) is 0. The number of anilines is 1. The van der Waals surface area contributed by atoms with Crippen molar-refractivity contribution in [1.82, 2.24) is 9.55 Å². The lowest BCUT2D eigenvalue weighted by Crippen LogP contribution is -2.21. The van der Waals surface area contributed by atoms with Crippen molar-refractivity contribution >= 4 is 56.5 Å². The van der Waals surface area contributed by atoms with Crippen LogP contribution in [0.4, 0.5) is 5.69 Å². The first-order chi connectivity index (χ1) is 13.5. The maximum atomic E-state index is 12.8. The second-order valence-electron chi connectivity index (χ2n) is 6.43. The molecule has 0 atom stereocenters. The van der Waals surface area contributed by atoms with E-state index in [1.165, 1.54) is 27.3 Å². The van der Waals surface area contributed by atoms with E-state index in [4.69, 9.17) is 16.9 Å². The Morgan fingerprint density at radius 3 is 3.07 bits per heavy atom. The average Bonchev–Trinajstić information content (AvgIpc) is 3.24. The first kappa shape index (κ1) is 19.0. The Labute approximate surface area is 174 Å². The largest absolute Gasteiger partial charge is 0.324 e. The van der Waals surface area contributed by atoms with Crippen molar-refractivity contribution < 1.29 is 4.79 Å². The highest BCUT2D eigenvalue weighted by Gasteiger charge is 2.22. The molecular weight excluding hydrogens is 416 g/mol. The molecular formula is C19H15ClN4O2S2. The molecule has 0 fully saturated rings. The molecule has 2 heterocycles. The van der Waals surface area contributed by atoms with E-state index in [0.29, 0.717) is 21.4 Å². The maximum Gasteiger partial charge on any atom is 0.262 e. The van der Waals surface area contributed by atoms with Crippen LogP contribution in [0.25, 0.3) is 10.2 Å². The van der Waals surface area contributed by atoms with Gasteiger partial charge in [0.2, 0.25) is 5.91 Å². The third kappa shape index (κ3) is 3.41. The molecule has 1 N–H and O–H groups in total. The van der Waals surface area contributed by atoms with Crippen molar-refractivity contribution in [1.29, 1.82) is 5.26 Å². The van der Waals surface area contributed by atoms with Gasteiger partial charge in [-0.3, -0.25) is 14.2 Å². The van der Waals surface area contributed by atoms with Gasteiger partial charge in [0.05, 0.1) is 22.4 Å². The number of thiophene rings is 1. The van der Waals surface area contributed by atoms with E-state index in [1.54, 1.807) is 30.5 Å². The van der Waals surface area contributed by atoms with Gasteiger partial charge in [-0.2, -0.15) is 5.26 Å².